The van der Waals surface area contributed by atoms with Gasteiger partial charge in [-0.05, 0) is 63.9 Å². The zero-order chi connectivity index (χ0) is 25.6. The zero-order valence-electron chi connectivity index (χ0n) is 19.4. The van der Waals surface area contributed by atoms with Crippen LogP contribution in [0.1, 0.15) is 33.6 Å². The van der Waals surface area contributed by atoms with Crippen LogP contribution in [0.15, 0.2) is 30.3 Å². The van der Waals surface area contributed by atoms with Crippen LogP contribution in [0.4, 0.5) is 23.8 Å². The van der Waals surface area contributed by atoms with Gasteiger partial charge in [0.1, 0.15) is 29.3 Å². The fraction of sp³-hybridized carbons (Fsp3) is 0.478. The number of urea groups is 1. The van der Waals surface area contributed by atoms with E-state index in [-0.39, 0.29) is 5.75 Å². The Balaban J connectivity index is 1.42. The topological polar surface area (TPSA) is 101 Å². The third-order valence-corrected chi connectivity index (χ3v) is 5.77. The van der Waals surface area contributed by atoms with Crippen LogP contribution >= 0.6 is 0 Å². The molecule has 1 spiro atoms. The molecule has 1 aromatic carbocycles. The van der Waals surface area contributed by atoms with Gasteiger partial charge in [-0.3, -0.25) is 14.5 Å². The molecule has 0 unspecified atom stereocenters. The van der Waals surface area contributed by atoms with E-state index in [1.165, 1.54) is 18.2 Å². The molecule has 12 heteroatoms. The van der Waals surface area contributed by atoms with E-state index in [1.54, 1.807) is 32.9 Å². The standard InChI is InChI=1S/C23H25F3N4O5/c1-21(2,3)35-18(31)13-30-19(32)22(28-20(30)33)8-10-29(11-9-22)17-7-4-14-12-15(34-23(24,25)26)5-6-16(14)27-17/h4-7,12H,8-11,13H2,1-3H3,(H,28,33). The maximum atomic E-state index is 13.1. The van der Waals surface area contributed by atoms with Crippen LogP contribution in [-0.4, -0.2) is 64.9 Å². The van der Waals surface area contributed by atoms with Crippen molar-refractivity contribution in [2.45, 2.75) is 51.1 Å². The van der Waals surface area contributed by atoms with Crippen molar-refractivity contribution >= 4 is 34.6 Å². The van der Waals surface area contributed by atoms with Gasteiger partial charge in [-0.1, -0.05) is 0 Å². The van der Waals surface area contributed by atoms with Crippen molar-refractivity contribution < 1.29 is 37.0 Å². The Labute approximate surface area is 199 Å². The molecule has 1 aromatic heterocycles. The molecule has 0 atom stereocenters. The Kier molecular flexibility index (Phi) is 6.02. The number of benzene rings is 1. The normalized spacial score (nSPS) is 18.2. The Morgan fingerprint density at radius 2 is 1.80 bits per heavy atom. The molecule has 4 rings (SSSR count). The maximum Gasteiger partial charge on any atom is 0.573 e. The molecule has 35 heavy (non-hydrogen) atoms. The van der Waals surface area contributed by atoms with Crippen LogP contribution in [0.25, 0.3) is 10.9 Å². The second kappa shape index (κ2) is 8.58. The molecule has 3 amide bonds. The average Bonchev–Trinajstić information content (AvgIpc) is 2.95. The summed E-state index contributed by atoms with van der Waals surface area (Å²) in [5.74, 6) is -0.860. The van der Waals surface area contributed by atoms with E-state index in [9.17, 15) is 27.6 Å². The lowest BCUT2D eigenvalue weighted by Crippen LogP contribution is -2.55. The number of carbonyl (C=O) groups excluding carboxylic acids is 3. The van der Waals surface area contributed by atoms with Gasteiger partial charge in [-0.2, -0.15) is 0 Å². The van der Waals surface area contributed by atoms with Crippen molar-refractivity contribution in [3.63, 3.8) is 0 Å². The van der Waals surface area contributed by atoms with Crippen molar-refractivity contribution in [3.8, 4) is 5.75 Å². The SMILES string of the molecule is CC(C)(C)OC(=O)CN1C(=O)NC2(CCN(c3ccc4cc(OC(F)(F)F)ccc4n3)CC2)C1=O. The van der Waals surface area contributed by atoms with Crippen molar-refractivity contribution in [2.24, 2.45) is 0 Å². The highest BCUT2D eigenvalue weighted by atomic mass is 19.4. The number of fused-ring (bicyclic) bond motifs is 1. The molecular formula is C23H25F3N4O5. The van der Waals surface area contributed by atoms with E-state index in [1.807, 2.05) is 4.90 Å². The van der Waals surface area contributed by atoms with Gasteiger partial charge >= 0.3 is 18.4 Å². The number of anilines is 1. The molecule has 1 N–H and O–H groups in total. The van der Waals surface area contributed by atoms with Crippen LogP contribution < -0.4 is 15.0 Å². The van der Waals surface area contributed by atoms with Gasteiger partial charge in [0, 0.05) is 18.5 Å². The second-order valence-electron chi connectivity index (χ2n) is 9.55. The lowest BCUT2D eigenvalue weighted by molar-refractivity contribution is -0.274. The lowest BCUT2D eigenvalue weighted by Gasteiger charge is -2.37. The molecule has 2 aliphatic rings. The number of hydrogen-bond acceptors (Lipinski definition) is 7. The van der Waals surface area contributed by atoms with E-state index in [0.29, 0.717) is 42.7 Å². The van der Waals surface area contributed by atoms with E-state index in [4.69, 9.17) is 4.74 Å². The zero-order valence-corrected chi connectivity index (χ0v) is 19.4. The summed E-state index contributed by atoms with van der Waals surface area (Å²) in [6, 6.07) is 6.61. The molecule has 0 radical (unpaired) electrons. The monoisotopic (exact) mass is 494 g/mol. The first kappa shape index (κ1) is 24.6. The lowest BCUT2D eigenvalue weighted by atomic mass is 9.87. The Bertz CT molecular complexity index is 1170. The van der Waals surface area contributed by atoms with Crippen LogP contribution in [0.5, 0.6) is 5.75 Å². The number of nitrogens with one attached hydrogen (secondary N) is 1. The van der Waals surface area contributed by atoms with E-state index < -0.39 is 42.0 Å². The van der Waals surface area contributed by atoms with Gasteiger partial charge < -0.3 is 19.7 Å². The molecule has 0 saturated carbocycles. The number of imide groups is 1. The predicted octanol–water partition coefficient (Wildman–Crippen LogP) is 3.37. The minimum atomic E-state index is -4.78. The summed E-state index contributed by atoms with van der Waals surface area (Å²) in [6.45, 7) is 5.44. The van der Waals surface area contributed by atoms with E-state index in [0.717, 1.165) is 4.90 Å². The summed E-state index contributed by atoms with van der Waals surface area (Å²) < 4.78 is 46.5. The highest BCUT2D eigenvalue weighted by molar-refractivity contribution is 6.08. The second-order valence-corrected chi connectivity index (χ2v) is 9.55. The Morgan fingerprint density at radius 1 is 1.11 bits per heavy atom. The van der Waals surface area contributed by atoms with Crippen LogP contribution in [-0.2, 0) is 14.3 Å². The molecule has 0 aliphatic carbocycles. The number of pyridine rings is 1. The number of halogens is 3. The number of ether oxygens (including phenoxy) is 2. The number of alkyl halides is 3. The molecule has 2 aromatic rings. The molecule has 3 heterocycles. The summed E-state index contributed by atoms with van der Waals surface area (Å²) in [4.78, 5) is 45.0. The van der Waals surface area contributed by atoms with Crippen LogP contribution in [0.2, 0.25) is 0 Å². The molecular weight excluding hydrogens is 469 g/mol. The number of piperidine rings is 1. The number of amides is 3. The molecule has 188 valence electrons. The fourth-order valence-corrected chi connectivity index (χ4v) is 4.25. The first-order chi connectivity index (χ1) is 16.2. The average molecular weight is 494 g/mol. The quantitative estimate of drug-likeness (QED) is 0.514. The first-order valence-corrected chi connectivity index (χ1v) is 11.0. The Morgan fingerprint density at radius 3 is 2.43 bits per heavy atom. The summed E-state index contributed by atoms with van der Waals surface area (Å²) in [5.41, 5.74) is -1.35. The molecule has 2 fully saturated rings. The van der Waals surface area contributed by atoms with E-state index in [2.05, 4.69) is 15.0 Å². The summed E-state index contributed by atoms with van der Waals surface area (Å²) in [6.07, 6.45) is -4.17. The van der Waals surface area contributed by atoms with Crippen LogP contribution in [0, 0.1) is 0 Å². The summed E-state index contributed by atoms with van der Waals surface area (Å²) in [5, 5.41) is 3.23. The number of hydrogen-bond donors (Lipinski definition) is 1. The number of rotatable bonds is 4. The van der Waals surface area contributed by atoms with Gasteiger partial charge in [0.05, 0.1) is 5.52 Å². The van der Waals surface area contributed by atoms with Gasteiger partial charge in [-0.15, -0.1) is 13.2 Å². The van der Waals surface area contributed by atoms with Gasteiger partial charge in [0.15, 0.2) is 0 Å². The van der Waals surface area contributed by atoms with Crippen molar-refractivity contribution in [2.75, 3.05) is 24.5 Å². The van der Waals surface area contributed by atoms with Crippen molar-refractivity contribution in [3.05, 3.63) is 30.3 Å². The molecule has 0 bridgehead atoms. The predicted molar refractivity (Wildman–Crippen MR) is 119 cm³/mol. The first-order valence-electron chi connectivity index (χ1n) is 11.0. The maximum absolute atomic E-state index is 13.1. The van der Waals surface area contributed by atoms with Gasteiger partial charge in [0.25, 0.3) is 5.91 Å². The van der Waals surface area contributed by atoms with E-state index >= 15 is 0 Å². The van der Waals surface area contributed by atoms with Crippen molar-refractivity contribution in [1.82, 2.24) is 15.2 Å². The molecule has 9 nitrogen and oxygen atoms in total. The number of carbonyl (C=O) groups is 3. The fourth-order valence-electron chi connectivity index (χ4n) is 4.25. The third kappa shape index (κ3) is 5.41. The minimum Gasteiger partial charge on any atom is -0.459 e. The highest BCUT2D eigenvalue weighted by Gasteiger charge is 2.53. The van der Waals surface area contributed by atoms with Crippen molar-refractivity contribution in [1.29, 1.82) is 0 Å². The number of esters is 1. The highest BCUT2D eigenvalue weighted by Crippen LogP contribution is 2.32. The smallest absolute Gasteiger partial charge is 0.459 e. The third-order valence-electron chi connectivity index (χ3n) is 5.77. The Hall–Kier alpha value is -3.57. The number of nitrogens with zero attached hydrogens (tertiary/aromatic N) is 3. The number of aromatic nitrogens is 1. The summed E-state index contributed by atoms with van der Waals surface area (Å²) in [7, 11) is 0. The molecule has 2 saturated heterocycles. The largest absolute Gasteiger partial charge is 0.573 e. The minimum absolute atomic E-state index is 0.306. The van der Waals surface area contributed by atoms with Gasteiger partial charge in [-0.25, -0.2) is 9.78 Å². The summed E-state index contributed by atoms with van der Waals surface area (Å²) >= 11 is 0. The van der Waals surface area contributed by atoms with Crippen LogP contribution in [0.3, 0.4) is 0 Å². The van der Waals surface area contributed by atoms with Gasteiger partial charge in [0.2, 0.25) is 0 Å². The molecule has 2 aliphatic heterocycles.